The van der Waals surface area contributed by atoms with Crippen molar-refractivity contribution in [2.24, 2.45) is 0 Å². The Morgan fingerprint density at radius 3 is 2.00 bits per heavy atom. The summed E-state index contributed by atoms with van der Waals surface area (Å²) in [5, 5.41) is 10.5. The molecule has 3 aliphatic rings. The summed E-state index contributed by atoms with van der Waals surface area (Å²) in [6.45, 7) is 0. The molecule has 12 rings (SSSR count). The second kappa shape index (κ2) is 11.7. The molecule has 254 valence electrons. The number of rotatable bonds is 3. The first kappa shape index (κ1) is 30.4. The van der Waals surface area contributed by atoms with Gasteiger partial charge in [-0.2, -0.15) is 0 Å². The largest absolute Gasteiger partial charge is 0.455 e. The molecule has 2 heteroatoms. The topological polar surface area (TPSA) is 13.1 Å². The average Bonchev–Trinajstić information content (AvgIpc) is 3.82. The summed E-state index contributed by atoms with van der Waals surface area (Å²) in [5.41, 5.74) is 13.8. The Morgan fingerprint density at radius 1 is 0.500 bits per heavy atom. The summed E-state index contributed by atoms with van der Waals surface area (Å²) >= 11 is 2.03. The first-order valence-electron chi connectivity index (χ1n) is 19.0. The summed E-state index contributed by atoms with van der Waals surface area (Å²) in [6.07, 6.45) is 9.61. The van der Waals surface area contributed by atoms with E-state index in [1.54, 1.807) is 0 Å². The van der Waals surface area contributed by atoms with Gasteiger partial charge in [0.2, 0.25) is 0 Å². The first-order valence-corrected chi connectivity index (χ1v) is 19.9. The zero-order chi connectivity index (χ0) is 35.3. The van der Waals surface area contributed by atoms with Crippen molar-refractivity contribution in [2.75, 3.05) is 0 Å². The molecule has 2 aliphatic carbocycles. The highest BCUT2D eigenvalue weighted by molar-refractivity contribution is 8.00. The maximum Gasteiger partial charge on any atom is 0.142 e. The molecule has 0 fully saturated rings. The van der Waals surface area contributed by atoms with Crippen LogP contribution in [0, 0.1) is 0 Å². The van der Waals surface area contributed by atoms with E-state index in [2.05, 4.69) is 170 Å². The average molecular weight is 707 g/mol. The van der Waals surface area contributed by atoms with Crippen LogP contribution in [0.1, 0.15) is 41.0 Å². The van der Waals surface area contributed by atoms with Gasteiger partial charge in [-0.05, 0) is 120 Å². The van der Waals surface area contributed by atoms with Crippen molar-refractivity contribution < 1.29 is 4.42 Å². The van der Waals surface area contributed by atoms with Gasteiger partial charge in [0.15, 0.2) is 0 Å². The monoisotopic (exact) mass is 706 g/mol. The summed E-state index contributed by atoms with van der Waals surface area (Å²) in [6, 6.07) is 56.0. The zero-order valence-electron chi connectivity index (χ0n) is 29.6. The predicted octanol–water partition coefficient (Wildman–Crippen LogP) is 12.7. The number of hydrogen-bond donors (Lipinski definition) is 0. The molecule has 0 saturated heterocycles. The van der Waals surface area contributed by atoms with E-state index in [-0.39, 0.29) is 11.2 Å². The number of hydrogen-bond acceptors (Lipinski definition) is 2. The van der Waals surface area contributed by atoms with Crippen molar-refractivity contribution in [3.05, 3.63) is 184 Å². The van der Waals surface area contributed by atoms with Crippen LogP contribution >= 0.6 is 11.8 Å². The highest BCUT2D eigenvalue weighted by Gasteiger charge is 2.42. The maximum absolute atomic E-state index is 6.75. The summed E-state index contributed by atoms with van der Waals surface area (Å²) in [5.74, 6) is 0.238. The Balaban J connectivity index is 1.12. The fourth-order valence-corrected chi connectivity index (χ4v) is 11.2. The molecule has 1 aliphatic heterocycles. The Hall–Kier alpha value is -6.09. The minimum atomic E-state index is 0.238. The molecule has 1 nitrogen and oxygen atoms in total. The van der Waals surface area contributed by atoms with E-state index in [0.717, 1.165) is 24.0 Å². The Morgan fingerprint density at radius 2 is 1.17 bits per heavy atom. The van der Waals surface area contributed by atoms with Crippen LogP contribution < -0.4 is 10.4 Å². The molecule has 2 unspecified atom stereocenters. The molecule has 0 radical (unpaired) electrons. The quantitative estimate of drug-likeness (QED) is 0.181. The zero-order valence-corrected chi connectivity index (χ0v) is 30.4. The third-order valence-corrected chi connectivity index (χ3v) is 13.5. The number of furan rings is 1. The molecule has 2 heterocycles. The number of benzene rings is 8. The molecular weight excluding hydrogens is 673 g/mol. The van der Waals surface area contributed by atoms with Crippen LogP contribution in [-0.4, -0.2) is 5.25 Å². The van der Waals surface area contributed by atoms with Crippen molar-refractivity contribution in [1.82, 2.24) is 0 Å². The molecule has 2 atom stereocenters. The minimum absolute atomic E-state index is 0.238. The van der Waals surface area contributed by atoms with Gasteiger partial charge in [0.25, 0.3) is 0 Å². The minimum Gasteiger partial charge on any atom is -0.455 e. The van der Waals surface area contributed by atoms with Crippen molar-refractivity contribution in [3.63, 3.8) is 0 Å². The van der Waals surface area contributed by atoms with Gasteiger partial charge in [-0.25, -0.2) is 0 Å². The van der Waals surface area contributed by atoms with Crippen LogP contribution in [0.3, 0.4) is 0 Å². The second-order valence-corrected chi connectivity index (χ2v) is 16.1. The van der Waals surface area contributed by atoms with E-state index in [0.29, 0.717) is 0 Å². The highest BCUT2D eigenvalue weighted by Crippen LogP contribution is 2.58. The van der Waals surface area contributed by atoms with E-state index in [9.17, 15) is 0 Å². The van der Waals surface area contributed by atoms with Gasteiger partial charge < -0.3 is 4.42 Å². The standard InChI is InChI=1S/C52H34OS/c1-2-12-31(13-3-1)32-22-23-34-29-35(25-24-33(34)28-32)48-37-15-4-6-17-39(37)49(40-18-7-5-16-38(40)48)45-30-44-41(50-43-19-9-11-21-47(43)54-52(45)50)26-27-42-36-14-8-10-20-46(36)53-51(42)44/h1-4,6,8-30,50,52H,5,7H2. The van der Waals surface area contributed by atoms with Gasteiger partial charge in [0, 0.05) is 32.4 Å². The van der Waals surface area contributed by atoms with Crippen LogP contribution in [0.2, 0.25) is 0 Å². The van der Waals surface area contributed by atoms with Crippen molar-refractivity contribution >= 4 is 79.0 Å². The molecule has 1 aromatic heterocycles. The van der Waals surface area contributed by atoms with Gasteiger partial charge >= 0.3 is 0 Å². The van der Waals surface area contributed by atoms with E-state index in [1.807, 2.05) is 11.8 Å². The fraction of sp³-hybridized carbons (Fsp3) is 0.0769. The third kappa shape index (κ3) is 4.41. The maximum atomic E-state index is 6.75. The lowest BCUT2D eigenvalue weighted by Gasteiger charge is -2.31. The van der Waals surface area contributed by atoms with Crippen LogP contribution in [0.25, 0.3) is 89.5 Å². The molecule has 0 spiro atoms. The molecule has 0 bridgehead atoms. The lowest BCUT2D eigenvalue weighted by Crippen LogP contribution is -2.34. The predicted molar refractivity (Wildman–Crippen MR) is 229 cm³/mol. The van der Waals surface area contributed by atoms with Crippen LogP contribution in [0.5, 0.6) is 0 Å². The molecular formula is C52H34OS. The molecule has 0 saturated carbocycles. The van der Waals surface area contributed by atoms with Crippen molar-refractivity contribution in [2.45, 2.75) is 28.9 Å². The Kier molecular flexibility index (Phi) is 6.58. The van der Waals surface area contributed by atoms with Gasteiger partial charge in [-0.1, -0.05) is 140 Å². The normalized spacial score (nSPS) is 17.1. The SMILES string of the molecule is C1=C(c2c3c(c(-c4ccc5cc(-c6ccccc6)ccc5c4)c4ccccc24)=CCCC=3)C2Sc3ccccc3C2c2ccc3c(oc4ccccc43)c21. The molecule has 54 heavy (non-hydrogen) atoms. The van der Waals surface area contributed by atoms with Crippen molar-refractivity contribution in [3.8, 4) is 22.3 Å². The smallest absolute Gasteiger partial charge is 0.142 e. The van der Waals surface area contributed by atoms with Gasteiger partial charge in [0.05, 0.1) is 0 Å². The summed E-state index contributed by atoms with van der Waals surface area (Å²) in [4.78, 5) is 1.38. The number of fused-ring (bicyclic) bond motifs is 12. The molecule has 8 aromatic carbocycles. The van der Waals surface area contributed by atoms with Gasteiger partial charge in [0.1, 0.15) is 11.2 Å². The lowest BCUT2D eigenvalue weighted by molar-refractivity contribution is 0.666. The number of thioether (sulfide) groups is 1. The van der Waals surface area contributed by atoms with E-state index < -0.39 is 0 Å². The van der Waals surface area contributed by atoms with Crippen LogP contribution in [0.15, 0.2) is 161 Å². The molecule has 0 N–H and O–H groups in total. The van der Waals surface area contributed by atoms with Crippen LogP contribution in [-0.2, 0) is 0 Å². The summed E-state index contributed by atoms with van der Waals surface area (Å²) < 4.78 is 6.75. The fourth-order valence-electron chi connectivity index (χ4n) is 9.67. The van der Waals surface area contributed by atoms with E-state index >= 15 is 0 Å². The van der Waals surface area contributed by atoms with Crippen LogP contribution in [0.4, 0.5) is 0 Å². The number of para-hydroxylation sites is 1. The van der Waals surface area contributed by atoms with E-state index in [4.69, 9.17) is 4.42 Å². The first-order chi connectivity index (χ1) is 26.8. The highest BCUT2D eigenvalue weighted by atomic mass is 32.2. The lowest BCUT2D eigenvalue weighted by atomic mass is 9.75. The van der Waals surface area contributed by atoms with Gasteiger partial charge in [-0.3, -0.25) is 0 Å². The molecule has 9 aromatic rings. The Bertz CT molecular complexity index is 3200. The third-order valence-electron chi connectivity index (χ3n) is 12.1. The van der Waals surface area contributed by atoms with Gasteiger partial charge in [-0.15, -0.1) is 11.8 Å². The Labute approximate surface area is 317 Å². The van der Waals surface area contributed by atoms with Crippen molar-refractivity contribution in [1.29, 1.82) is 0 Å². The summed E-state index contributed by atoms with van der Waals surface area (Å²) in [7, 11) is 0. The van der Waals surface area contributed by atoms with E-state index in [1.165, 1.54) is 97.7 Å². The second-order valence-electron chi connectivity index (χ2n) is 14.9. The molecule has 0 amide bonds.